The standard InChI is InChI=1S/C13H22N2O6/c1-8-6-15(7-10(8)12(18)21-3)13(19)14-5-9(20-2)4-11(16)17/h8-10H,4-7H2,1-3H3,(H,14,19)(H,16,17). The number of carbonyl (C=O) groups excluding carboxylic acids is 2. The van der Waals surface area contributed by atoms with Gasteiger partial charge in [-0.05, 0) is 5.92 Å². The summed E-state index contributed by atoms with van der Waals surface area (Å²) < 4.78 is 9.69. The second-order valence-corrected chi connectivity index (χ2v) is 5.15. The number of carbonyl (C=O) groups is 3. The van der Waals surface area contributed by atoms with E-state index in [-0.39, 0.29) is 36.8 Å². The molecule has 0 saturated carbocycles. The predicted molar refractivity (Wildman–Crippen MR) is 72.7 cm³/mol. The molecule has 0 bridgehead atoms. The number of methoxy groups -OCH3 is 2. The first-order valence-electron chi connectivity index (χ1n) is 6.74. The molecule has 1 aliphatic heterocycles. The molecular weight excluding hydrogens is 280 g/mol. The van der Waals surface area contributed by atoms with Gasteiger partial charge in [-0.1, -0.05) is 6.92 Å². The van der Waals surface area contributed by atoms with Crippen molar-refractivity contribution in [2.24, 2.45) is 11.8 Å². The summed E-state index contributed by atoms with van der Waals surface area (Å²) in [6, 6.07) is -0.333. The van der Waals surface area contributed by atoms with Crippen LogP contribution in [0.15, 0.2) is 0 Å². The van der Waals surface area contributed by atoms with Crippen molar-refractivity contribution in [1.82, 2.24) is 10.2 Å². The maximum Gasteiger partial charge on any atom is 0.317 e. The average Bonchev–Trinajstić information content (AvgIpc) is 2.83. The van der Waals surface area contributed by atoms with Crippen LogP contribution in [-0.4, -0.2) is 67.9 Å². The van der Waals surface area contributed by atoms with E-state index in [1.165, 1.54) is 19.1 Å². The Hall–Kier alpha value is -1.83. The minimum Gasteiger partial charge on any atom is -0.481 e. The van der Waals surface area contributed by atoms with E-state index in [4.69, 9.17) is 14.6 Å². The Bertz CT molecular complexity index is 400. The number of likely N-dealkylation sites (tertiary alicyclic amines) is 1. The zero-order valence-corrected chi connectivity index (χ0v) is 12.5. The second kappa shape index (κ2) is 7.82. The number of esters is 1. The van der Waals surface area contributed by atoms with Crippen molar-refractivity contribution in [3.63, 3.8) is 0 Å². The lowest BCUT2D eigenvalue weighted by Gasteiger charge is -2.19. The number of nitrogens with zero attached hydrogens (tertiary/aromatic N) is 1. The highest BCUT2D eigenvalue weighted by Gasteiger charge is 2.37. The van der Waals surface area contributed by atoms with Crippen molar-refractivity contribution in [3.8, 4) is 0 Å². The Balaban J connectivity index is 2.46. The molecule has 0 aliphatic carbocycles. The van der Waals surface area contributed by atoms with Gasteiger partial charge in [0.15, 0.2) is 0 Å². The van der Waals surface area contributed by atoms with Crippen LogP contribution in [0.1, 0.15) is 13.3 Å². The fourth-order valence-electron chi connectivity index (χ4n) is 2.34. The van der Waals surface area contributed by atoms with Gasteiger partial charge in [0, 0.05) is 26.7 Å². The van der Waals surface area contributed by atoms with Crippen LogP contribution in [0, 0.1) is 11.8 Å². The summed E-state index contributed by atoms with van der Waals surface area (Å²) in [5.74, 6) is -1.60. The third kappa shape index (κ3) is 4.89. The maximum atomic E-state index is 12.0. The molecule has 3 unspecified atom stereocenters. The molecule has 21 heavy (non-hydrogen) atoms. The van der Waals surface area contributed by atoms with E-state index in [1.54, 1.807) is 0 Å². The van der Waals surface area contributed by atoms with E-state index >= 15 is 0 Å². The summed E-state index contributed by atoms with van der Waals surface area (Å²) in [5, 5.41) is 11.3. The fourth-order valence-corrected chi connectivity index (χ4v) is 2.34. The van der Waals surface area contributed by atoms with Gasteiger partial charge in [0.05, 0.1) is 25.6 Å². The van der Waals surface area contributed by atoms with Gasteiger partial charge >= 0.3 is 18.0 Å². The molecule has 1 fully saturated rings. The second-order valence-electron chi connectivity index (χ2n) is 5.15. The summed E-state index contributed by atoms with van der Waals surface area (Å²) in [7, 11) is 2.72. The monoisotopic (exact) mass is 302 g/mol. The van der Waals surface area contributed by atoms with Crippen molar-refractivity contribution in [2.45, 2.75) is 19.4 Å². The number of amides is 2. The molecule has 120 valence electrons. The minimum atomic E-state index is -0.989. The van der Waals surface area contributed by atoms with E-state index in [1.807, 2.05) is 6.92 Å². The maximum absolute atomic E-state index is 12.0. The number of hydrogen-bond acceptors (Lipinski definition) is 5. The van der Waals surface area contributed by atoms with Crippen LogP contribution in [0.4, 0.5) is 4.79 Å². The lowest BCUT2D eigenvalue weighted by molar-refractivity contribution is -0.146. The molecule has 1 aliphatic rings. The Morgan fingerprint density at radius 3 is 2.52 bits per heavy atom. The smallest absolute Gasteiger partial charge is 0.317 e. The first kappa shape index (κ1) is 17.2. The number of ether oxygens (including phenoxy) is 2. The number of rotatable bonds is 6. The van der Waals surface area contributed by atoms with E-state index in [2.05, 4.69) is 5.32 Å². The van der Waals surface area contributed by atoms with Crippen molar-refractivity contribution in [3.05, 3.63) is 0 Å². The number of nitrogens with one attached hydrogen (secondary N) is 1. The average molecular weight is 302 g/mol. The number of carboxylic acids is 1. The summed E-state index contributed by atoms with van der Waals surface area (Å²) in [6.07, 6.45) is -0.763. The van der Waals surface area contributed by atoms with Gasteiger partial charge in [0.1, 0.15) is 0 Å². The van der Waals surface area contributed by atoms with Gasteiger partial charge in [-0.3, -0.25) is 9.59 Å². The van der Waals surface area contributed by atoms with E-state index in [0.29, 0.717) is 13.1 Å². The molecule has 8 nitrogen and oxygen atoms in total. The van der Waals surface area contributed by atoms with Crippen molar-refractivity contribution < 1.29 is 29.0 Å². The molecule has 2 N–H and O–H groups in total. The third-order valence-electron chi connectivity index (χ3n) is 3.62. The SMILES string of the molecule is COC(=O)C1CN(C(=O)NCC(CC(=O)O)OC)CC1C. The van der Waals surface area contributed by atoms with Crippen LogP contribution in [0.25, 0.3) is 0 Å². The highest BCUT2D eigenvalue weighted by Crippen LogP contribution is 2.23. The molecule has 2 amide bonds. The molecular formula is C13H22N2O6. The summed E-state index contributed by atoms with van der Waals surface area (Å²) in [6.45, 7) is 2.76. The highest BCUT2D eigenvalue weighted by molar-refractivity contribution is 5.78. The van der Waals surface area contributed by atoms with Crippen LogP contribution in [0.5, 0.6) is 0 Å². The number of aliphatic carboxylic acids is 1. The lowest BCUT2D eigenvalue weighted by atomic mass is 9.99. The van der Waals surface area contributed by atoms with Crippen molar-refractivity contribution >= 4 is 18.0 Å². The summed E-state index contributed by atoms with van der Waals surface area (Å²) in [5.41, 5.74) is 0. The molecule has 0 spiro atoms. The normalized spacial score (nSPS) is 22.7. The van der Waals surface area contributed by atoms with Crippen LogP contribution in [-0.2, 0) is 19.1 Å². The summed E-state index contributed by atoms with van der Waals surface area (Å²) >= 11 is 0. The Morgan fingerprint density at radius 2 is 2.00 bits per heavy atom. The molecule has 8 heteroatoms. The van der Waals surface area contributed by atoms with Crippen molar-refractivity contribution in [1.29, 1.82) is 0 Å². The van der Waals surface area contributed by atoms with Gasteiger partial charge in [-0.2, -0.15) is 0 Å². The van der Waals surface area contributed by atoms with Crippen LogP contribution < -0.4 is 5.32 Å². The molecule has 1 heterocycles. The van der Waals surface area contributed by atoms with Crippen molar-refractivity contribution in [2.75, 3.05) is 33.9 Å². The topological polar surface area (TPSA) is 105 Å². The highest BCUT2D eigenvalue weighted by atomic mass is 16.5. The van der Waals surface area contributed by atoms with E-state index in [0.717, 1.165) is 0 Å². The Morgan fingerprint density at radius 1 is 1.33 bits per heavy atom. The van der Waals surface area contributed by atoms with Gasteiger partial charge < -0.3 is 24.8 Å². The minimum absolute atomic E-state index is 0.0282. The van der Waals surface area contributed by atoms with Gasteiger partial charge in [0.25, 0.3) is 0 Å². The number of urea groups is 1. The van der Waals surface area contributed by atoms with Crippen LogP contribution in [0.2, 0.25) is 0 Å². The first-order valence-corrected chi connectivity index (χ1v) is 6.74. The molecule has 0 aromatic rings. The quantitative estimate of drug-likeness (QED) is 0.665. The van der Waals surface area contributed by atoms with Gasteiger partial charge in [-0.15, -0.1) is 0 Å². The van der Waals surface area contributed by atoms with Crippen LogP contribution >= 0.6 is 0 Å². The number of hydrogen-bond donors (Lipinski definition) is 2. The lowest BCUT2D eigenvalue weighted by Crippen LogP contribution is -2.43. The van der Waals surface area contributed by atoms with Gasteiger partial charge in [0.2, 0.25) is 0 Å². The molecule has 1 rings (SSSR count). The third-order valence-corrected chi connectivity index (χ3v) is 3.62. The Kier molecular flexibility index (Phi) is 6.41. The van der Waals surface area contributed by atoms with E-state index in [9.17, 15) is 14.4 Å². The number of carboxylic acid groups (broad SMARTS) is 1. The molecule has 0 radical (unpaired) electrons. The largest absolute Gasteiger partial charge is 0.481 e. The fraction of sp³-hybridized carbons (Fsp3) is 0.769. The molecule has 3 atom stereocenters. The molecule has 0 aromatic heterocycles. The molecule has 0 aromatic carbocycles. The zero-order chi connectivity index (χ0) is 16.0. The summed E-state index contributed by atoms with van der Waals surface area (Å²) in [4.78, 5) is 35.7. The van der Waals surface area contributed by atoms with Crippen LogP contribution in [0.3, 0.4) is 0 Å². The Labute approximate surface area is 123 Å². The first-order chi connectivity index (χ1) is 9.88. The molecule has 1 saturated heterocycles. The van der Waals surface area contributed by atoms with E-state index < -0.39 is 12.1 Å². The zero-order valence-electron chi connectivity index (χ0n) is 12.5. The van der Waals surface area contributed by atoms with Gasteiger partial charge in [-0.25, -0.2) is 4.79 Å². The predicted octanol–water partition coefficient (Wildman–Crippen LogP) is -0.0734.